The molecule has 0 saturated carbocycles. The lowest BCUT2D eigenvalue weighted by Crippen LogP contribution is -2.43. The summed E-state index contributed by atoms with van der Waals surface area (Å²) in [5.41, 5.74) is 1.94. The maximum Gasteiger partial charge on any atom is 0.228 e. The zero-order valence-electron chi connectivity index (χ0n) is 16.4. The minimum Gasteiger partial charge on any atom is -0.369 e. The predicted octanol–water partition coefficient (Wildman–Crippen LogP) is 2.14. The van der Waals surface area contributed by atoms with Crippen LogP contribution in [0.5, 0.6) is 0 Å². The van der Waals surface area contributed by atoms with Crippen LogP contribution in [-0.4, -0.2) is 66.3 Å². The van der Waals surface area contributed by atoms with E-state index in [9.17, 15) is 4.79 Å². The fourth-order valence-electron chi connectivity index (χ4n) is 2.66. The lowest BCUT2D eigenvalue weighted by molar-refractivity contribution is -0.117. The molecule has 0 radical (unpaired) electrons. The third kappa shape index (κ3) is 7.12. The summed E-state index contributed by atoms with van der Waals surface area (Å²) in [5.74, 6) is 3.54. The van der Waals surface area contributed by atoms with E-state index in [2.05, 4.69) is 55.7 Å². The molecule has 0 spiro atoms. The Morgan fingerprint density at radius 3 is 2.78 bits per heavy atom. The Morgan fingerprint density at radius 1 is 1.37 bits per heavy atom. The summed E-state index contributed by atoms with van der Waals surface area (Å²) in [6.07, 6.45) is 6.37. The van der Waals surface area contributed by atoms with Gasteiger partial charge < -0.3 is 20.2 Å². The van der Waals surface area contributed by atoms with Crippen molar-refractivity contribution < 1.29 is 4.79 Å². The van der Waals surface area contributed by atoms with Gasteiger partial charge in [0.05, 0.1) is 0 Å². The molecule has 0 amide bonds. The van der Waals surface area contributed by atoms with Crippen LogP contribution in [0.25, 0.3) is 0 Å². The highest BCUT2D eigenvalue weighted by Gasteiger charge is 2.15. The maximum atomic E-state index is 11.6. The first-order valence-corrected chi connectivity index (χ1v) is 10.1. The van der Waals surface area contributed by atoms with E-state index in [0.717, 1.165) is 46.1 Å². The second-order valence-corrected chi connectivity index (χ2v) is 7.25. The molecule has 0 aromatic heterocycles. The van der Waals surface area contributed by atoms with Crippen molar-refractivity contribution in [3.05, 3.63) is 36.4 Å². The number of nitrogens with one attached hydrogen (secondary N) is 2. The fraction of sp³-hybridized carbons (Fsp3) is 0.474. The number of Topliss-reactive ketones (excluding diaryl/α,β-unsaturated/α-hetero) is 1. The van der Waals surface area contributed by atoms with Gasteiger partial charge in [-0.3, -0.25) is 4.79 Å². The van der Waals surface area contributed by atoms with Crippen LogP contribution >= 0.6 is 8.35 Å². The Labute approximate surface area is 163 Å². The Balaban J connectivity index is 2.06. The zero-order valence-corrected chi connectivity index (χ0v) is 17.3. The average Bonchev–Trinajstić information content (AvgIpc) is 2.88. The van der Waals surface area contributed by atoms with E-state index >= 15 is 0 Å². The predicted molar refractivity (Wildman–Crippen MR) is 115 cm³/mol. The number of hydrogen-bond donors (Lipinski definition) is 2. The smallest absolute Gasteiger partial charge is 0.228 e. The van der Waals surface area contributed by atoms with E-state index in [4.69, 9.17) is 0 Å². The molecule has 0 unspecified atom stereocenters. The zero-order chi connectivity index (χ0) is 19.6. The fourth-order valence-corrected chi connectivity index (χ4v) is 3.38. The van der Waals surface area contributed by atoms with Crippen LogP contribution in [0.2, 0.25) is 0 Å². The van der Waals surface area contributed by atoms with Gasteiger partial charge in [0.15, 0.2) is 0 Å². The minimum absolute atomic E-state index is 0.161. The van der Waals surface area contributed by atoms with Crippen molar-refractivity contribution in [1.29, 1.82) is 0 Å². The molecule has 0 aliphatic carbocycles. The van der Waals surface area contributed by atoms with E-state index in [0.29, 0.717) is 18.8 Å². The van der Waals surface area contributed by atoms with Gasteiger partial charge in [-0.25, -0.2) is 9.98 Å². The van der Waals surface area contributed by atoms with Crippen LogP contribution in [0.15, 0.2) is 46.4 Å². The van der Waals surface area contributed by atoms with Crippen LogP contribution < -0.4 is 10.4 Å². The summed E-state index contributed by atoms with van der Waals surface area (Å²) in [6.45, 7) is 11.5. The third-order valence-corrected chi connectivity index (χ3v) is 5.04. The quantitative estimate of drug-likeness (QED) is 0.414. The van der Waals surface area contributed by atoms with Crippen molar-refractivity contribution in [2.24, 2.45) is 9.98 Å². The number of guanidine groups is 1. The molecule has 1 fully saturated rings. The summed E-state index contributed by atoms with van der Waals surface area (Å²) in [6, 6.07) is 0. The molecular weight excluding hydrogens is 359 g/mol. The second-order valence-electron chi connectivity index (χ2n) is 6.51. The van der Waals surface area contributed by atoms with E-state index in [1.807, 2.05) is 19.9 Å². The Hall–Kier alpha value is -2.24. The van der Waals surface area contributed by atoms with Crippen LogP contribution in [0.4, 0.5) is 0 Å². The van der Waals surface area contributed by atoms with E-state index in [-0.39, 0.29) is 5.78 Å². The summed E-state index contributed by atoms with van der Waals surface area (Å²) in [7, 11) is 3.13. The molecule has 0 aromatic rings. The van der Waals surface area contributed by atoms with Gasteiger partial charge in [-0.05, 0) is 26.1 Å². The van der Waals surface area contributed by atoms with Gasteiger partial charge in [0, 0.05) is 70.8 Å². The number of aliphatic imine (C=N–C) groups is 2. The summed E-state index contributed by atoms with van der Waals surface area (Å²) >= 11 is 0. The normalized spacial score (nSPS) is 19.6. The molecule has 2 N–H and O–H groups in total. The molecule has 1 saturated heterocycles. The highest BCUT2D eigenvalue weighted by molar-refractivity contribution is 7.37. The Morgan fingerprint density at radius 2 is 2.11 bits per heavy atom. The first-order chi connectivity index (χ1) is 13.0. The maximum absolute atomic E-state index is 11.6. The number of nitrogens with zero attached hydrogens (tertiary/aromatic N) is 4. The van der Waals surface area contributed by atoms with Crippen molar-refractivity contribution in [3.8, 4) is 0 Å². The molecule has 0 bridgehead atoms. The van der Waals surface area contributed by atoms with Crippen LogP contribution in [-0.2, 0) is 4.79 Å². The molecule has 2 heterocycles. The molecule has 27 heavy (non-hydrogen) atoms. The number of ketones is 1. The first kappa shape index (κ1) is 21.1. The third-order valence-electron chi connectivity index (χ3n) is 4.28. The second kappa shape index (κ2) is 10.8. The number of carbonyl (C=O) groups is 1. The molecule has 2 aliphatic rings. The minimum atomic E-state index is 0.161. The molecule has 146 valence electrons. The van der Waals surface area contributed by atoms with Crippen LogP contribution in [0, 0.1) is 0 Å². The lowest BCUT2D eigenvalue weighted by Gasteiger charge is -2.34. The van der Waals surface area contributed by atoms with Gasteiger partial charge in [-0.15, -0.1) is 0 Å². The van der Waals surface area contributed by atoms with Gasteiger partial charge in [0.1, 0.15) is 11.6 Å². The van der Waals surface area contributed by atoms with E-state index < -0.39 is 0 Å². The average molecular weight is 388 g/mol. The van der Waals surface area contributed by atoms with Crippen molar-refractivity contribution in [1.82, 2.24) is 20.2 Å². The molecule has 2 rings (SSSR count). The van der Waals surface area contributed by atoms with Gasteiger partial charge >= 0.3 is 0 Å². The van der Waals surface area contributed by atoms with Crippen molar-refractivity contribution in [3.63, 3.8) is 0 Å². The summed E-state index contributed by atoms with van der Waals surface area (Å²) in [4.78, 5) is 24.9. The van der Waals surface area contributed by atoms with Crippen LogP contribution in [0.3, 0.4) is 0 Å². The van der Waals surface area contributed by atoms with Gasteiger partial charge in [-0.1, -0.05) is 13.5 Å². The van der Waals surface area contributed by atoms with Gasteiger partial charge in [-0.2, -0.15) is 0 Å². The van der Waals surface area contributed by atoms with E-state index in [1.54, 1.807) is 0 Å². The number of piperazine rings is 1. The Bertz CT molecular complexity index is 699. The topological polar surface area (TPSA) is 72.3 Å². The number of hydrogen-bond acceptors (Lipinski definition) is 5. The molecule has 7 nitrogen and oxygen atoms in total. The van der Waals surface area contributed by atoms with Crippen molar-refractivity contribution in [2.75, 3.05) is 33.2 Å². The molecule has 8 heteroatoms. The molecule has 0 atom stereocenters. The highest BCUT2D eigenvalue weighted by atomic mass is 31.1. The number of likely N-dealkylation sites (N-methyl/N-ethyl adjacent to an activating group) is 1. The van der Waals surface area contributed by atoms with Gasteiger partial charge in [0.2, 0.25) is 5.96 Å². The monoisotopic (exact) mass is 388 g/mol. The largest absolute Gasteiger partial charge is 0.369 e. The SMILES string of the molecule is C=C/N=C(\N=C(\C)CC(=O)CC)NC1=CC=C(N2CCN(C)CC2)C=PN1. The standard InChI is InChI=1S/C19H29N6OP/c1-5-17(26)13-15(3)21-19(20-6-2)22-18-8-7-16(14-27-23-18)25-11-9-24(4)10-12-25/h6-8,14,23H,2,5,9-13H2,1,3-4H3,(H,20,22)/b21-15-. The van der Waals surface area contributed by atoms with Crippen molar-refractivity contribution in [2.45, 2.75) is 26.7 Å². The first-order valence-electron chi connectivity index (χ1n) is 9.18. The lowest BCUT2D eigenvalue weighted by atomic mass is 10.2. The van der Waals surface area contributed by atoms with E-state index in [1.165, 1.54) is 11.9 Å². The molecular formula is C19H29N6OP. The van der Waals surface area contributed by atoms with Crippen molar-refractivity contribution >= 4 is 31.6 Å². The summed E-state index contributed by atoms with van der Waals surface area (Å²) < 4.78 is 0. The number of carbonyl (C=O) groups excluding carboxylic acids is 1. The molecule has 0 aromatic carbocycles. The molecule has 2 aliphatic heterocycles. The number of rotatable bonds is 6. The van der Waals surface area contributed by atoms with Gasteiger partial charge in [0.25, 0.3) is 0 Å². The Kier molecular flexibility index (Phi) is 8.43. The highest BCUT2D eigenvalue weighted by Crippen LogP contribution is 2.12. The summed E-state index contributed by atoms with van der Waals surface area (Å²) in [5, 5.41) is 6.48. The van der Waals surface area contributed by atoms with Crippen LogP contribution in [0.1, 0.15) is 26.7 Å². The number of allylic oxidation sites excluding steroid dienone is 3.